The molecule has 2 aromatic heterocycles. The number of nitrogens with zero attached hydrogens (tertiary/aromatic N) is 3. The van der Waals surface area contributed by atoms with Gasteiger partial charge in [0.25, 0.3) is 5.91 Å². The second-order valence-electron chi connectivity index (χ2n) is 6.29. The van der Waals surface area contributed by atoms with E-state index in [1.54, 1.807) is 13.2 Å². The van der Waals surface area contributed by atoms with Gasteiger partial charge in [0.05, 0.1) is 12.3 Å². The summed E-state index contributed by atoms with van der Waals surface area (Å²) in [5, 5.41) is 6.87. The molecule has 1 amide bonds. The highest BCUT2D eigenvalue weighted by Gasteiger charge is 2.25. The second-order valence-corrected chi connectivity index (χ2v) is 6.29. The van der Waals surface area contributed by atoms with Gasteiger partial charge < -0.3 is 14.6 Å². The molecule has 0 radical (unpaired) electrons. The Morgan fingerprint density at radius 2 is 2.28 bits per heavy atom. The minimum atomic E-state index is -0.250. The van der Waals surface area contributed by atoms with Crippen molar-refractivity contribution in [1.82, 2.24) is 20.4 Å². The number of nitrogens with one attached hydrogen (secondary N) is 1. The third kappa shape index (κ3) is 4.87. The van der Waals surface area contributed by atoms with E-state index in [-0.39, 0.29) is 11.7 Å². The third-order valence-electron chi connectivity index (χ3n) is 4.42. The number of carbonyl (C=O) groups excluding carboxylic acids is 1. The lowest BCUT2D eigenvalue weighted by Gasteiger charge is -2.31. The van der Waals surface area contributed by atoms with E-state index in [4.69, 9.17) is 9.26 Å². The summed E-state index contributed by atoms with van der Waals surface area (Å²) in [6, 6.07) is 5.85. The zero-order valence-electron chi connectivity index (χ0n) is 14.5. The lowest BCUT2D eigenvalue weighted by atomic mass is 9.94. The van der Waals surface area contributed by atoms with Gasteiger partial charge in [0.15, 0.2) is 0 Å². The maximum absolute atomic E-state index is 12.0. The Morgan fingerprint density at radius 3 is 3.08 bits per heavy atom. The molecule has 0 saturated carbocycles. The summed E-state index contributed by atoms with van der Waals surface area (Å²) in [5.74, 6) is 0.303. The van der Waals surface area contributed by atoms with Crippen molar-refractivity contribution in [3.8, 4) is 0 Å². The number of rotatable bonds is 7. The number of carbonyl (C=O) groups is 1. The number of pyridine rings is 1. The quantitative estimate of drug-likeness (QED) is 0.772. The zero-order valence-corrected chi connectivity index (χ0v) is 14.5. The van der Waals surface area contributed by atoms with Crippen LogP contribution in [-0.4, -0.2) is 54.3 Å². The first-order valence-corrected chi connectivity index (χ1v) is 8.61. The molecule has 1 fully saturated rings. The molecule has 2 aromatic rings. The number of hydrogen-bond donors (Lipinski definition) is 1. The van der Waals surface area contributed by atoms with Gasteiger partial charge in [-0.2, -0.15) is 0 Å². The molecule has 1 atom stereocenters. The van der Waals surface area contributed by atoms with Crippen LogP contribution in [0.4, 0.5) is 0 Å². The first kappa shape index (κ1) is 17.6. The maximum Gasteiger partial charge on any atom is 0.289 e. The second kappa shape index (κ2) is 8.73. The highest BCUT2D eigenvalue weighted by Crippen LogP contribution is 2.27. The Hall–Kier alpha value is -2.25. The highest BCUT2D eigenvalue weighted by molar-refractivity contribution is 5.91. The van der Waals surface area contributed by atoms with Gasteiger partial charge in [-0.15, -0.1) is 0 Å². The predicted molar refractivity (Wildman–Crippen MR) is 92.2 cm³/mol. The van der Waals surface area contributed by atoms with Crippen molar-refractivity contribution in [2.75, 3.05) is 33.4 Å². The summed E-state index contributed by atoms with van der Waals surface area (Å²) in [4.78, 5) is 18.5. The normalized spacial score (nSPS) is 18.2. The lowest BCUT2D eigenvalue weighted by Crippen LogP contribution is -2.34. The van der Waals surface area contributed by atoms with Crippen LogP contribution < -0.4 is 5.32 Å². The summed E-state index contributed by atoms with van der Waals surface area (Å²) in [5.41, 5.74) is 2.12. The van der Waals surface area contributed by atoms with Gasteiger partial charge in [0.1, 0.15) is 0 Å². The van der Waals surface area contributed by atoms with E-state index in [0.29, 0.717) is 19.1 Å². The molecule has 1 aliphatic heterocycles. The van der Waals surface area contributed by atoms with E-state index in [0.717, 1.165) is 38.2 Å². The van der Waals surface area contributed by atoms with Gasteiger partial charge in [0.2, 0.25) is 5.76 Å². The molecular weight excluding hydrogens is 320 g/mol. The average molecular weight is 344 g/mol. The molecule has 3 heterocycles. The largest absolute Gasteiger partial charge is 0.383 e. The van der Waals surface area contributed by atoms with E-state index >= 15 is 0 Å². The Labute approximate surface area is 147 Å². The first-order valence-electron chi connectivity index (χ1n) is 8.61. The Morgan fingerprint density at radius 1 is 1.44 bits per heavy atom. The lowest BCUT2D eigenvalue weighted by molar-refractivity contribution is 0.0900. The molecule has 25 heavy (non-hydrogen) atoms. The van der Waals surface area contributed by atoms with Crippen LogP contribution in [0.25, 0.3) is 0 Å². The highest BCUT2D eigenvalue weighted by atomic mass is 16.5. The molecule has 0 unspecified atom stereocenters. The maximum atomic E-state index is 12.0. The Kier molecular flexibility index (Phi) is 6.14. The van der Waals surface area contributed by atoms with Crippen molar-refractivity contribution in [1.29, 1.82) is 0 Å². The Bertz CT molecular complexity index is 674. The third-order valence-corrected chi connectivity index (χ3v) is 4.42. The van der Waals surface area contributed by atoms with Crippen LogP contribution in [0.15, 0.2) is 35.1 Å². The standard InChI is InChI=1S/C18H24N4O3/c1-24-10-8-20-18(23)17-11-16(21-25-17)15-3-2-9-22(13-15)12-14-4-6-19-7-5-14/h4-7,11,15H,2-3,8-10,12-13H2,1H3,(H,20,23)/t15-/m1/s1. The fraction of sp³-hybridized carbons (Fsp3) is 0.500. The van der Waals surface area contributed by atoms with Crippen LogP contribution in [0, 0.1) is 0 Å². The van der Waals surface area contributed by atoms with Gasteiger partial charge in [-0.05, 0) is 37.1 Å². The number of aromatic nitrogens is 2. The molecule has 1 aliphatic rings. The van der Waals surface area contributed by atoms with Crippen LogP contribution >= 0.6 is 0 Å². The molecule has 0 aromatic carbocycles. The van der Waals surface area contributed by atoms with Crippen LogP contribution in [0.1, 0.15) is 40.6 Å². The van der Waals surface area contributed by atoms with Gasteiger partial charge in [-0.25, -0.2) is 0 Å². The van der Waals surface area contributed by atoms with Crippen molar-refractivity contribution in [3.63, 3.8) is 0 Å². The fourth-order valence-electron chi connectivity index (χ4n) is 3.13. The van der Waals surface area contributed by atoms with Gasteiger partial charge >= 0.3 is 0 Å². The number of likely N-dealkylation sites (tertiary alicyclic amines) is 1. The van der Waals surface area contributed by atoms with E-state index in [9.17, 15) is 4.79 Å². The molecule has 7 nitrogen and oxygen atoms in total. The van der Waals surface area contributed by atoms with Crippen molar-refractivity contribution in [3.05, 3.63) is 47.6 Å². The number of amides is 1. The number of piperidine rings is 1. The number of hydrogen-bond acceptors (Lipinski definition) is 6. The van der Waals surface area contributed by atoms with Crippen molar-refractivity contribution in [2.24, 2.45) is 0 Å². The van der Waals surface area contributed by atoms with Gasteiger partial charge in [0, 0.05) is 51.1 Å². The molecule has 134 valence electrons. The van der Waals surface area contributed by atoms with E-state index in [2.05, 4.69) is 20.4 Å². The van der Waals surface area contributed by atoms with Gasteiger partial charge in [-0.3, -0.25) is 14.7 Å². The zero-order chi connectivity index (χ0) is 17.5. The summed E-state index contributed by atoms with van der Waals surface area (Å²) in [7, 11) is 1.60. The molecule has 1 saturated heterocycles. The van der Waals surface area contributed by atoms with E-state index in [1.807, 2.05) is 24.5 Å². The van der Waals surface area contributed by atoms with Crippen molar-refractivity contribution in [2.45, 2.75) is 25.3 Å². The minimum absolute atomic E-state index is 0.250. The summed E-state index contributed by atoms with van der Waals surface area (Å²) in [6.45, 7) is 3.82. The molecule has 7 heteroatoms. The van der Waals surface area contributed by atoms with Crippen molar-refractivity contribution >= 4 is 5.91 Å². The SMILES string of the molecule is COCCNC(=O)c1cc([C@@H]2CCCN(Cc3ccncc3)C2)no1. The average Bonchev–Trinajstić information content (AvgIpc) is 3.13. The molecule has 1 N–H and O–H groups in total. The van der Waals surface area contributed by atoms with Crippen LogP contribution in [-0.2, 0) is 11.3 Å². The predicted octanol–water partition coefficient (Wildman–Crippen LogP) is 1.83. The Balaban J connectivity index is 1.57. The monoisotopic (exact) mass is 344 g/mol. The number of ether oxygens (including phenoxy) is 1. The van der Waals surface area contributed by atoms with Crippen molar-refractivity contribution < 1.29 is 14.1 Å². The first-order chi connectivity index (χ1) is 12.3. The van der Waals surface area contributed by atoms with E-state index in [1.165, 1.54) is 5.56 Å². The molecule has 0 bridgehead atoms. The smallest absolute Gasteiger partial charge is 0.289 e. The minimum Gasteiger partial charge on any atom is -0.383 e. The van der Waals surface area contributed by atoms with E-state index < -0.39 is 0 Å². The topological polar surface area (TPSA) is 80.5 Å². The fourth-order valence-corrected chi connectivity index (χ4v) is 3.13. The van der Waals surface area contributed by atoms with Crippen LogP contribution in [0.2, 0.25) is 0 Å². The number of methoxy groups -OCH3 is 1. The summed E-state index contributed by atoms with van der Waals surface area (Å²) >= 11 is 0. The molecule has 3 rings (SSSR count). The van der Waals surface area contributed by atoms with Crippen LogP contribution in [0.3, 0.4) is 0 Å². The molecule has 0 aliphatic carbocycles. The summed E-state index contributed by atoms with van der Waals surface area (Å²) in [6.07, 6.45) is 5.81. The molecule has 0 spiro atoms. The summed E-state index contributed by atoms with van der Waals surface area (Å²) < 4.78 is 10.2. The van der Waals surface area contributed by atoms with Crippen LogP contribution in [0.5, 0.6) is 0 Å². The van der Waals surface area contributed by atoms with Gasteiger partial charge in [-0.1, -0.05) is 5.16 Å². The molecular formula is C18H24N4O3.